The van der Waals surface area contributed by atoms with Gasteiger partial charge in [0.1, 0.15) is 11.6 Å². The predicted molar refractivity (Wildman–Crippen MR) is 165 cm³/mol. The number of benzene rings is 2. The van der Waals surface area contributed by atoms with Gasteiger partial charge >= 0.3 is 5.97 Å². The Morgan fingerprint density at radius 2 is 1.71 bits per heavy atom. The SMILES string of the molecule is Cc1cc2c(cc1C)-c1cccc(c1)-c1cc3nc(C)c(CC(=O)O)c(n3n1)N1CCC(C)(CC1)OCCCCCO2. The molecule has 1 saturated heterocycles. The molecule has 0 atom stereocenters. The Hall–Kier alpha value is -3.91. The fourth-order valence-corrected chi connectivity index (χ4v) is 6.16. The summed E-state index contributed by atoms with van der Waals surface area (Å²) in [6.45, 7) is 11.3. The van der Waals surface area contributed by atoms with E-state index in [1.807, 2.05) is 17.5 Å². The molecule has 3 aliphatic rings. The summed E-state index contributed by atoms with van der Waals surface area (Å²) >= 11 is 0. The largest absolute Gasteiger partial charge is 0.493 e. The third kappa shape index (κ3) is 5.60. The topological polar surface area (TPSA) is 89.2 Å². The van der Waals surface area contributed by atoms with Crippen LogP contribution in [0.15, 0.2) is 42.5 Å². The number of carboxylic acids is 1. The number of hydrogen-bond acceptors (Lipinski definition) is 6. The van der Waals surface area contributed by atoms with Gasteiger partial charge in [0.25, 0.3) is 0 Å². The van der Waals surface area contributed by atoms with E-state index in [4.69, 9.17) is 19.6 Å². The summed E-state index contributed by atoms with van der Waals surface area (Å²) in [5, 5.41) is 14.8. The van der Waals surface area contributed by atoms with Gasteiger partial charge in [-0.05, 0) is 94.7 Å². The third-order valence-electron chi connectivity index (χ3n) is 8.89. The van der Waals surface area contributed by atoms with Crippen molar-refractivity contribution in [2.75, 3.05) is 31.2 Å². The molecule has 5 heterocycles. The molecule has 0 radical (unpaired) electrons. The zero-order chi connectivity index (χ0) is 29.4. The monoisotopic (exact) mass is 568 g/mol. The van der Waals surface area contributed by atoms with Crippen molar-refractivity contribution in [1.29, 1.82) is 0 Å². The lowest BCUT2D eigenvalue weighted by Crippen LogP contribution is -2.45. The van der Waals surface area contributed by atoms with E-state index in [1.54, 1.807) is 0 Å². The van der Waals surface area contributed by atoms with Crippen LogP contribution in [0.4, 0.5) is 5.82 Å². The first-order valence-corrected chi connectivity index (χ1v) is 15.1. The van der Waals surface area contributed by atoms with Crippen molar-refractivity contribution in [2.24, 2.45) is 0 Å². The van der Waals surface area contributed by atoms with E-state index in [2.05, 4.69) is 62.1 Å². The molecule has 0 saturated carbocycles. The highest BCUT2D eigenvalue weighted by Gasteiger charge is 2.33. The van der Waals surface area contributed by atoms with Gasteiger partial charge in [0.15, 0.2) is 5.65 Å². The number of piperidine rings is 1. The van der Waals surface area contributed by atoms with Gasteiger partial charge in [-0.1, -0.05) is 18.2 Å². The van der Waals surface area contributed by atoms with Gasteiger partial charge in [-0.25, -0.2) is 4.98 Å². The van der Waals surface area contributed by atoms with Crippen LogP contribution in [-0.4, -0.2) is 57.6 Å². The molecule has 4 aromatic rings. The van der Waals surface area contributed by atoms with Gasteiger partial charge in [-0.2, -0.15) is 9.61 Å². The number of fused-ring (bicyclic) bond motifs is 8. The van der Waals surface area contributed by atoms with Gasteiger partial charge in [0.05, 0.1) is 24.3 Å². The zero-order valence-corrected chi connectivity index (χ0v) is 25.1. The number of anilines is 1. The average molecular weight is 569 g/mol. The first-order chi connectivity index (χ1) is 20.2. The number of hydrogen-bond donors (Lipinski definition) is 1. The fraction of sp³-hybridized carbons (Fsp3) is 0.441. The number of carbonyl (C=O) groups is 1. The molecule has 6 bridgehead atoms. The first kappa shape index (κ1) is 28.2. The molecule has 2 aromatic heterocycles. The molecule has 8 nitrogen and oxygen atoms in total. The second kappa shape index (κ2) is 11.4. The summed E-state index contributed by atoms with van der Waals surface area (Å²) < 4.78 is 14.7. The summed E-state index contributed by atoms with van der Waals surface area (Å²) in [6, 6.07) is 14.7. The molecule has 1 fully saturated rings. The fourth-order valence-electron chi connectivity index (χ4n) is 6.16. The number of aliphatic carboxylic acids is 1. The summed E-state index contributed by atoms with van der Waals surface area (Å²) in [5.74, 6) is 0.841. The van der Waals surface area contributed by atoms with Crippen molar-refractivity contribution in [3.05, 3.63) is 64.8 Å². The maximum Gasteiger partial charge on any atom is 0.308 e. The molecule has 2 aromatic carbocycles. The van der Waals surface area contributed by atoms with Crippen LogP contribution >= 0.6 is 0 Å². The summed E-state index contributed by atoms with van der Waals surface area (Å²) in [7, 11) is 0. The standard InChI is InChI=1S/C34H40N4O4/c1-22-17-28-25-9-8-10-26(19-25)29-21-31-35-24(3)27(20-32(39)40)33(38(31)36-29)37-13-11-34(4,12-14-37)42-16-7-5-6-15-41-30(28)18-23(22)2/h8-10,17-19,21H,5-7,11-16,20H2,1-4H3,(H,39,40). The minimum Gasteiger partial charge on any atom is -0.493 e. The molecule has 3 aliphatic heterocycles. The van der Waals surface area contributed by atoms with Crippen LogP contribution < -0.4 is 9.64 Å². The molecule has 7 rings (SSSR count). The van der Waals surface area contributed by atoms with Crippen LogP contribution in [0.3, 0.4) is 0 Å². The Labute approximate surface area is 247 Å². The van der Waals surface area contributed by atoms with Crippen LogP contribution in [0.1, 0.15) is 61.4 Å². The maximum absolute atomic E-state index is 11.9. The minimum atomic E-state index is -0.876. The minimum absolute atomic E-state index is 0.103. The Morgan fingerprint density at radius 3 is 2.50 bits per heavy atom. The van der Waals surface area contributed by atoms with Gasteiger partial charge in [0, 0.05) is 48.1 Å². The van der Waals surface area contributed by atoms with Gasteiger partial charge in [-0.15, -0.1) is 0 Å². The highest BCUT2D eigenvalue weighted by atomic mass is 16.5. The number of aryl methyl sites for hydroxylation is 3. The molecule has 1 N–H and O–H groups in total. The Morgan fingerprint density at radius 1 is 0.976 bits per heavy atom. The van der Waals surface area contributed by atoms with Crippen LogP contribution in [-0.2, 0) is 16.0 Å². The van der Waals surface area contributed by atoms with Crippen LogP contribution in [0, 0.1) is 20.8 Å². The number of carboxylic acid groups (broad SMARTS) is 1. The van der Waals surface area contributed by atoms with Crippen LogP contribution in [0.5, 0.6) is 5.75 Å². The van der Waals surface area contributed by atoms with Crippen LogP contribution in [0.25, 0.3) is 28.0 Å². The van der Waals surface area contributed by atoms with Crippen molar-refractivity contribution in [1.82, 2.24) is 14.6 Å². The normalized spacial score (nSPS) is 17.2. The van der Waals surface area contributed by atoms with E-state index in [-0.39, 0.29) is 12.0 Å². The molecule has 42 heavy (non-hydrogen) atoms. The Bertz CT molecular complexity index is 1630. The van der Waals surface area contributed by atoms with E-state index < -0.39 is 5.97 Å². The van der Waals surface area contributed by atoms with E-state index in [0.29, 0.717) is 17.8 Å². The number of aromatic nitrogens is 3. The quantitative estimate of drug-likeness (QED) is 0.293. The molecule has 220 valence electrons. The Kier molecular flexibility index (Phi) is 7.66. The van der Waals surface area contributed by atoms with E-state index >= 15 is 0 Å². The molecule has 0 spiro atoms. The van der Waals surface area contributed by atoms with Crippen molar-refractivity contribution >= 4 is 17.4 Å². The van der Waals surface area contributed by atoms with Gasteiger partial charge < -0.3 is 19.5 Å². The highest BCUT2D eigenvalue weighted by Crippen LogP contribution is 2.37. The lowest BCUT2D eigenvalue weighted by molar-refractivity contribution is -0.136. The predicted octanol–water partition coefficient (Wildman–Crippen LogP) is 6.55. The van der Waals surface area contributed by atoms with Crippen molar-refractivity contribution in [2.45, 2.75) is 71.8 Å². The van der Waals surface area contributed by atoms with Crippen molar-refractivity contribution in [3.63, 3.8) is 0 Å². The molecule has 8 heteroatoms. The van der Waals surface area contributed by atoms with Gasteiger partial charge in [-0.3, -0.25) is 4.79 Å². The summed E-state index contributed by atoms with van der Waals surface area (Å²) in [4.78, 5) is 19.0. The molecular formula is C34H40N4O4. The van der Waals surface area contributed by atoms with E-state index in [9.17, 15) is 9.90 Å². The average Bonchev–Trinajstić information content (AvgIpc) is 3.38. The summed E-state index contributed by atoms with van der Waals surface area (Å²) in [5.41, 5.74) is 8.26. The van der Waals surface area contributed by atoms with Crippen molar-refractivity contribution < 1.29 is 19.4 Å². The van der Waals surface area contributed by atoms with E-state index in [0.717, 1.165) is 91.4 Å². The number of ether oxygens (including phenoxy) is 2. The first-order valence-electron chi connectivity index (χ1n) is 15.1. The Balaban J connectivity index is 1.50. The van der Waals surface area contributed by atoms with Crippen molar-refractivity contribution in [3.8, 4) is 28.1 Å². The van der Waals surface area contributed by atoms with Crippen LogP contribution in [0.2, 0.25) is 0 Å². The van der Waals surface area contributed by atoms with Gasteiger partial charge in [0.2, 0.25) is 0 Å². The maximum atomic E-state index is 11.9. The van der Waals surface area contributed by atoms with E-state index in [1.165, 1.54) is 11.1 Å². The molecular weight excluding hydrogens is 528 g/mol. The lowest BCUT2D eigenvalue weighted by Gasteiger charge is -2.41. The molecule has 0 amide bonds. The smallest absolute Gasteiger partial charge is 0.308 e. The number of nitrogens with zero attached hydrogens (tertiary/aromatic N) is 4. The zero-order valence-electron chi connectivity index (χ0n) is 25.1. The summed E-state index contributed by atoms with van der Waals surface area (Å²) in [6.07, 6.45) is 4.63. The highest BCUT2D eigenvalue weighted by molar-refractivity contribution is 5.78. The lowest BCUT2D eigenvalue weighted by atomic mass is 9.92. The third-order valence-corrected chi connectivity index (χ3v) is 8.89. The molecule has 0 aliphatic carbocycles. The second-order valence-corrected chi connectivity index (χ2v) is 12.1. The molecule has 0 unspecified atom stereocenters. The number of rotatable bonds is 2. The second-order valence-electron chi connectivity index (χ2n) is 12.1.